The van der Waals surface area contributed by atoms with Crippen LogP contribution in [0, 0.1) is 11.8 Å². The largest absolute Gasteiger partial charge is 0.500 e. The van der Waals surface area contributed by atoms with E-state index in [1.807, 2.05) is 39.5 Å². The van der Waals surface area contributed by atoms with E-state index in [0.717, 1.165) is 30.2 Å². The summed E-state index contributed by atoms with van der Waals surface area (Å²) in [6.45, 7) is 16.0. The molecule has 0 aromatic rings. The Morgan fingerprint density at radius 2 is 1.76 bits per heavy atom. The molecule has 1 rings (SSSR count). The summed E-state index contributed by atoms with van der Waals surface area (Å²) in [7, 11) is -2.54. The van der Waals surface area contributed by atoms with Gasteiger partial charge in [-0.25, -0.2) is 0 Å². The van der Waals surface area contributed by atoms with Crippen LogP contribution in [0.15, 0.2) is 12.2 Å². The van der Waals surface area contributed by atoms with Crippen molar-refractivity contribution in [1.82, 2.24) is 0 Å². The Morgan fingerprint density at radius 1 is 1.20 bits per heavy atom. The van der Waals surface area contributed by atoms with Gasteiger partial charge in [0, 0.05) is 43.5 Å². The lowest BCUT2D eigenvalue weighted by molar-refractivity contribution is -0.124. The maximum atomic E-state index is 12.3. The molecule has 0 aromatic heterocycles. The number of hydrogen-bond donors (Lipinski definition) is 0. The first kappa shape index (κ1) is 22.9. The van der Waals surface area contributed by atoms with Crippen LogP contribution in [0.25, 0.3) is 0 Å². The normalized spacial score (nSPS) is 24.5. The third kappa shape index (κ3) is 7.17. The molecule has 0 saturated heterocycles. The average Bonchev–Trinajstić information content (AvgIpc) is 2.55. The van der Waals surface area contributed by atoms with Gasteiger partial charge in [-0.1, -0.05) is 19.1 Å². The molecular formula is C19H36O4SSi. The molecule has 0 aromatic carbocycles. The molecule has 4 nitrogen and oxygen atoms in total. The van der Waals surface area contributed by atoms with Gasteiger partial charge in [0.05, 0.1) is 0 Å². The molecule has 0 spiro atoms. The van der Waals surface area contributed by atoms with E-state index in [-0.39, 0.29) is 5.92 Å². The quantitative estimate of drug-likeness (QED) is 0.275. The second-order valence-corrected chi connectivity index (χ2v) is 10.8. The average molecular weight is 389 g/mol. The minimum Gasteiger partial charge on any atom is -0.374 e. The summed E-state index contributed by atoms with van der Waals surface area (Å²) < 4.78 is 17.7. The van der Waals surface area contributed by atoms with E-state index in [2.05, 4.69) is 13.5 Å². The minimum absolute atomic E-state index is 0.147. The highest BCUT2D eigenvalue weighted by Crippen LogP contribution is 2.37. The van der Waals surface area contributed by atoms with Crippen LogP contribution >= 0.6 is 11.8 Å². The molecule has 1 aliphatic carbocycles. The minimum atomic E-state index is -2.54. The highest BCUT2D eigenvalue weighted by molar-refractivity contribution is 7.99. The number of Topliss-reactive ketones (excluding diaryl/α,β-unsaturated/α-hetero) is 1. The first-order valence-corrected chi connectivity index (χ1v) is 12.6. The Balaban J connectivity index is 2.53. The van der Waals surface area contributed by atoms with E-state index >= 15 is 0 Å². The predicted molar refractivity (Wildman–Crippen MR) is 108 cm³/mol. The Morgan fingerprint density at radius 3 is 2.24 bits per heavy atom. The maximum absolute atomic E-state index is 12.3. The molecule has 6 heteroatoms. The summed E-state index contributed by atoms with van der Waals surface area (Å²) in [5.74, 6) is 1.89. The lowest BCUT2D eigenvalue weighted by Gasteiger charge is -2.33. The second-order valence-electron chi connectivity index (χ2n) is 6.73. The molecular weight excluding hydrogens is 352 g/mol. The maximum Gasteiger partial charge on any atom is 0.500 e. The standard InChI is InChI=1S/C19H36O4SSi/c1-7-21-25(22-8-2,23-9-3)12-10-11-24-19-14-17(15(4)5)13-18(20)16(19)6/h16-17,19H,4,7-14H2,1-3,5-6H3. The SMILES string of the molecule is C=C(C)C1CC(=O)C(C)C(SCCC[Si](OCC)(OCC)OCC)C1. The molecule has 3 unspecified atom stereocenters. The fourth-order valence-corrected chi connectivity index (χ4v) is 7.61. The molecule has 0 heterocycles. The molecule has 0 aliphatic heterocycles. The number of allylic oxidation sites excluding steroid dienone is 1. The second kappa shape index (κ2) is 11.5. The van der Waals surface area contributed by atoms with Crippen molar-refractivity contribution in [3.63, 3.8) is 0 Å². The van der Waals surface area contributed by atoms with Gasteiger partial charge >= 0.3 is 8.80 Å². The van der Waals surface area contributed by atoms with Gasteiger partial charge in [0.25, 0.3) is 0 Å². The van der Waals surface area contributed by atoms with Crippen LogP contribution in [0.1, 0.15) is 53.9 Å². The van der Waals surface area contributed by atoms with Crippen molar-refractivity contribution < 1.29 is 18.1 Å². The number of carbonyl (C=O) groups is 1. The van der Waals surface area contributed by atoms with Crippen LogP contribution in [0.4, 0.5) is 0 Å². The molecule has 0 amide bonds. The Kier molecular flexibility index (Phi) is 10.6. The van der Waals surface area contributed by atoms with E-state index in [1.165, 1.54) is 0 Å². The van der Waals surface area contributed by atoms with E-state index in [0.29, 0.717) is 43.2 Å². The fourth-order valence-electron chi connectivity index (χ4n) is 3.32. The first-order valence-electron chi connectivity index (χ1n) is 9.60. The summed E-state index contributed by atoms with van der Waals surface area (Å²) in [6.07, 6.45) is 2.73. The number of rotatable bonds is 12. The topological polar surface area (TPSA) is 44.8 Å². The molecule has 1 fully saturated rings. The van der Waals surface area contributed by atoms with Crippen LogP contribution in [0.3, 0.4) is 0 Å². The Bertz CT molecular complexity index is 413. The summed E-state index contributed by atoms with van der Waals surface area (Å²) in [6, 6.07) is 0.842. The van der Waals surface area contributed by atoms with Crippen LogP contribution in [-0.2, 0) is 18.1 Å². The van der Waals surface area contributed by atoms with Crippen molar-refractivity contribution in [2.24, 2.45) is 11.8 Å². The van der Waals surface area contributed by atoms with Gasteiger partial charge in [-0.2, -0.15) is 11.8 Å². The molecule has 3 atom stereocenters. The highest BCUT2D eigenvalue weighted by Gasteiger charge is 2.40. The van der Waals surface area contributed by atoms with Gasteiger partial charge < -0.3 is 13.3 Å². The fraction of sp³-hybridized carbons (Fsp3) is 0.842. The number of thioether (sulfide) groups is 1. The summed E-state index contributed by atoms with van der Waals surface area (Å²) in [4.78, 5) is 12.3. The van der Waals surface area contributed by atoms with Crippen molar-refractivity contribution >= 4 is 26.3 Å². The van der Waals surface area contributed by atoms with Crippen LogP contribution in [0.5, 0.6) is 0 Å². The molecule has 1 aliphatic rings. The van der Waals surface area contributed by atoms with Gasteiger partial charge in [-0.15, -0.1) is 0 Å². The zero-order chi connectivity index (χ0) is 18.9. The lowest BCUT2D eigenvalue weighted by Crippen LogP contribution is -2.46. The van der Waals surface area contributed by atoms with Crippen molar-refractivity contribution in [3.05, 3.63) is 12.2 Å². The molecule has 25 heavy (non-hydrogen) atoms. The van der Waals surface area contributed by atoms with E-state index in [4.69, 9.17) is 13.3 Å². The highest BCUT2D eigenvalue weighted by atomic mass is 32.2. The van der Waals surface area contributed by atoms with Crippen LogP contribution < -0.4 is 0 Å². The van der Waals surface area contributed by atoms with Crippen molar-refractivity contribution in [3.8, 4) is 0 Å². The predicted octanol–water partition coefficient (Wildman–Crippen LogP) is 4.72. The summed E-state index contributed by atoms with van der Waals surface area (Å²) >= 11 is 1.92. The van der Waals surface area contributed by atoms with Gasteiger partial charge in [0.1, 0.15) is 5.78 Å². The van der Waals surface area contributed by atoms with E-state index in [9.17, 15) is 4.79 Å². The first-order chi connectivity index (χ1) is 11.9. The van der Waals surface area contributed by atoms with Crippen molar-refractivity contribution in [2.75, 3.05) is 25.6 Å². The Hall–Kier alpha value is -0.143. The zero-order valence-electron chi connectivity index (χ0n) is 16.6. The van der Waals surface area contributed by atoms with Crippen molar-refractivity contribution in [2.45, 2.75) is 65.2 Å². The number of ketones is 1. The lowest BCUT2D eigenvalue weighted by atomic mass is 9.79. The molecule has 1 saturated carbocycles. The smallest absolute Gasteiger partial charge is 0.374 e. The molecule has 0 radical (unpaired) electrons. The third-order valence-corrected chi connectivity index (χ3v) is 9.48. The third-order valence-electron chi connectivity index (χ3n) is 4.78. The van der Waals surface area contributed by atoms with Gasteiger partial charge in [-0.05, 0) is 52.2 Å². The van der Waals surface area contributed by atoms with E-state index in [1.54, 1.807) is 0 Å². The molecule has 0 bridgehead atoms. The molecule has 146 valence electrons. The van der Waals surface area contributed by atoms with Gasteiger partial charge in [-0.3, -0.25) is 4.79 Å². The van der Waals surface area contributed by atoms with Crippen LogP contribution in [-0.4, -0.2) is 45.4 Å². The summed E-state index contributed by atoms with van der Waals surface area (Å²) in [5, 5.41) is 0.394. The zero-order valence-corrected chi connectivity index (χ0v) is 18.5. The number of carbonyl (C=O) groups excluding carboxylic acids is 1. The van der Waals surface area contributed by atoms with Gasteiger partial charge in [0.2, 0.25) is 0 Å². The van der Waals surface area contributed by atoms with Gasteiger partial charge in [0.15, 0.2) is 0 Å². The monoisotopic (exact) mass is 388 g/mol. The number of hydrogen-bond acceptors (Lipinski definition) is 5. The molecule has 0 N–H and O–H groups in total. The van der Waals surface area contributed by atoms with Crippen LogP contribution in [0.2, 0.25) is 6.04 Å². The summed E-state index contributed by atoms with van der Waals surface area (Å²) in [5.41, 5.74) is 1.14. The van der Waals surface area contributed by atoms with Crippen molar-refractivity contribution in [1.29, 1.82) is 0 Å². The Labute approximate surface area is 159 Å². The van der Waals surface area contributed by atoms with E-state index < -0.39 is 8.80 Å².